The molecule has 1 saturated heterocycles. The molecule has 1 atom stereocenters. The van der Waals surface area contributed by atoms with Crippen LogP contribution < -0.4 is 4.90 Å². The van der Waals surface area contributed by atoms with Gasteiger partial charge in [-0.15, -0.1) is 0 Å². The number of carbonyl (C=O) groups is 1. The van der Waals surface area contributed by atoms with Crippen LogP contribution in [0.5, 0.6) is 0 Å². The Morgan fingerprint density at radius 3 is 2.95 bits per heavy atom. The average Bonchev–Trinajstić information content (AvgIpc) is 2.69. The van der Waals surface area contributed by atoms with E-state index in [4.69, 9.17) is 5.11 Å². The zero-order valence-corrected chi connectivity index (χ0v) is 12.2. The first-order valence-corrected chi connectivity index (χ1v) is 7.33. The highest BCUT2D eigenvalue weighted by molar-refractivity contribution is 5.85. The number of hydrogen-bond donors (Lipinski definition) is 1. The van der Waals surface area contributed by atoms with E-state index in [1.165, 1.54) is 18.9 Å². The van der Waals surface area contributed by atoms with Crippen molar-refractivity contribution in [1.82, 2.24) is 0 Å². The van der Waals surface area contributed by atoms with E-state index in [0.29, 0.717) is 11.6 Å². The molecule has 0 radical (unpaired) electrons. The number of hydrogen-bond acceptors (Lipinski definition) is 3. The Balaban J connectivity index is 2.31. The van der Waals surface area contributed by atoms with Crippen LogP contribution in [-0.4, -0.2) is 23.7 Å². The number of benzene rings is 1. The lowest BCUT2D eigenvalue weighted by Gasteiger charge is -2.30. The summed E-state index contributed by atoms with van der Waals surface area (Å²) in [6.07, 6.45) is 7.37. The highest BCUT2D eigenvalue weighted by Crippen LogP contribution is 2.28. The lowest BCUT2D eigenvalue weighted by Crippen LogP contribution is -2.33. The van der Waals surface area contributed by atoms with Gasteiger partial charge in [-0.1, -0.05) is 18.9 Å². The van der Waals surface area contributed by atoms with Crippen molar-refractivity contribution in [3.8, 4) is 6.07 Å². The van der Waals surface area contributed by atoms with Gasteiger partial charge in [0.1, 0.15) is 6.07 Å². The fraction of sp³-hybridized carbons (Fsp3) is 0.412. The Bertz CT molecular complexity index is 587. The number of nitrogens with zero attached hydrogens (tertiary/aromatic N) is 2. The minimum atomic E-state index is -0.987. The maximum absolute atomic E-state index is 10.6. The summed E-state index contributed by atoms with van der Waals surface area (Å²) in [4.78, 5) is 12.9. The fourth-order valence-electron chi connectivity index (χ4n) is 2.80. The van der Waals surface area contributed by atoms with Gasteiger partial charge in [0.2, 0.25) is 0 Å². The molecule has 1 fully saturated rings. The third-order valence-electron chi connectivity index (χ3n) is 3.92. The summed E-state index contributed by atoms with van der Waals surface area (Å²) >= 11 is 0. The average molecular weight is 284 g/mol. The standard InChI is InChI=1S/C17H20N2O2/c1-13-5-3-2-4-10-19(13)16-8-6-14(7-9-17(20)21)11-15(16)12-18/h6-9,11,13H,2-5,10H2,1H3,(H,20,21)/b9-7+. The molecule has 1 aliphatic heterocycles. The quantitative estimate of drug-likeness (QED) is 0.864. The molecule has 2 rings (SSSR count). The van der Waals surface area contributed by atoms with Gasteiger partial charge >= 0.3 is 5.97 Å². The van der Waals surface area contributed by atoms with Crippen molar-refractivity contribution in [1.29, 1.82) is 5.26 Å². The Kier molecular flexibility index (Phi) is 4.99. The zero-order valence-electron chi connectivity index (χ0n) is 12.2. The van der Waals surface area contributed by atoms with Gasteiger partial charge in [-0.25, -0.2) is 4.79 Å². The maximum Gasteiger partial charge on any atom is 0.328 e. The number of anilines is 1. The lowest BCUT2D eigenvalue weighted by atomic mass is 10.1. The molecule has 1 aliphatic rings. The van der Waals surface area contributed by atoms with Crippen molar-refractivity contribution in [3.63, 3.8) is 0 Å². The smallest absolute Gasteiger partial charge is 0.328 e. The van der Waals surface area contributed by atoms with Crippen molar-refractivity contribution in [2.75, 3.05) is 11.4 Å². The SMILES string of the molecule is CC1CCCCCN1c1ccc(/C=C/C(=O)O)cc1C#N. The van der Waals surface area contributed by atoms with Crippen LogP contribution in [0.1, 0.15) is 43.7 Å². The fourth-order valence-corrected chi connectivity index (χ4v) is 2.80. The molecule has 110 valence electrons. The first kappa shape index (κ1) is 15.1. The predicted molar refractivity (Wildman–Crippen MR) is 83.1 cm³/mol. The topological polar surface area (TPSA) is 64.3 Å². The number of rotatable bonds is 3. The largest absolute Gasteiger partial charge is 0.478 e. The van der Waals surface area contributed by atoms with Gasteiger partial charge in [-0.05, 0) is 43.5 Å². The highest BCUT2D eigenvalue weighted by Gasteiger charge is 2.19. The summed E-state index contributed by atoms with van der Waals surface area (Å²) in [6.45, 7) is 3.17. The highest BCUT2D eigenvalue weighted by atomic mass is 16.4. The Morgan fingerprint density at radius 1 is 1.43 bits per heavy atom. The minimum Gasteiger partial charge on any atom is -0.478 e. The molecule has 4 heteroatoms. The maximum atomic E-state index is 10.6. The van der Waals surface area contributed by atoms with Crippen molar-refractivity contribution < 1.29 is 9.90 Å². The Morgan fingerprint density at radius 2 is 2.24 bits per heavy atom. The zero-order chi connectivity index (χ0) is 15.2. The molecule has 1 N–H and O–H groups in total. The van der Waals surface area contributed by atoms with E-state index in [2.05, 4.69) is 17.9 Å². The van der Waals surface area contributed by atoms with Gasteiger partial charge in [0.15, 0.2) is 0 Å². The van der Waals surface area contributed by atoms with E-state index in [9.17, 15) is 10.1 Å². The van der Waals surface area contributed by atoms with E-state index in [0.717, 1.165) is 36.7 Å². The van der Waals surface area contributed by atoms with E-state index in [1.54, 1.807) is 6.07 Å². The van der Waals surface area contributed by atoms with E-state index < -0.39 is 5.97 Å². The number of aliphatic carboxylic acids is 1. The van der Waals surface area contributed by atoms with Crippen LogP contribution in [0.15, 0.2) is 24.3 Å². The van der Waals surface area contributed by atoms with Crippen molar-refractivity contribution in [3.05, 3.63) is 35.4 Å². The molecule has 0 saturated carbocycles. The molecule has 0 aliphatic carbocycles. The summed E-state index contributed by atoms with van der Waals surface area (Å²) in [5.74, 6) is -0.987. The summed E-state index contributed by atoms with van der Waals surface area (Å²) in [7, 11) is 0. The molecule has 21 heavy (non-hydrogen) atoms. The Hall–Kier alpha value is -2.28. The van der Waals surface area contributed by atoms with Crippen LogP contribution in [0.3, 0.4) is 0 Å². The molecular weight excluding hydrogens is 264 g/mol. The number of carboxylic acid groups (broad SMARTS) is 1. The summed E-state index contributed by atoms with van der Waals surface area (Å²) in [6, 6.07) is 8.23. The summed E-state index contributed by atoms with van der Waals surface area (Å²) in [5.41, 5.74) is 2.30. The van der Waals surface area contributed by atoms with Crippen LogP contribution in [0, 0.1) is 11.3 Å². The second-order valence-electron chi connectivity index (χ2n) is 5.45. The Labute approximate surface area is 125 Å². The van der Waals surface area contributed by atoms with Crippen LogP contribution in [0.4, 0.5) is 5.69 Å². The molecule has 0 aromatic heterocycles. The molecule has 1 aromatic carbocycles. The van der Waals surface area contributed by atoms with Crippen molar-refractivity contribution >= 4 is 17.7 Å². The van der Waals surface area contributed by atoms with Crippen molar-refractivity contribution in [2.45, 2.75) is 38.6 Å². The van der Waals surface area contributed by atoms with Gasteiger partial charge in [-0.3, -0.25) is 0 Å². The normalized spacial score (nSPS) is 19.2. The second kappa shape index (κ2) is 6.94. The van der Waals surface area contributed by atoms with Crippen LogP contribution >= 0.6 is 0 Å². The molecule has 0 spiro atoms. The van der Waals surface area contributed by atoms with Gasteiger partial charge in [0.05, 0.1) is 11.3 Å². The molecule has 1 unspecified atom stereocenters. The van der Waals surface area contributed by atoms with Crippen LogP contribution in [0.25, 0.3) is 6.08 Å². The first-order chi connectivity index (χ1) is 10.1. The predicted octanol–water partition coefficient (Wildman–Crippen LogP) is 3.42. The monoisotopic (exact) mass is 284 g/mol. The van der Waals surface area contributed by atoms with Crippen LogP contribution in [-0.2, 0) is 4.79 Å². The molecule has 4 nitrogen and oxygen atoms in total. The van der Waals surface area contributed by atoms with Gasteiger partial charge < -0.3 is 10.0 Å². The third kappa shape index (κ3) is 3.85. The van der Waals surface area contributed by atoms with Gasteiger partial charge in [0, 0.05) is 18.7 Å². The van der Waals surface area contributed by atoms with Gasteiger partial charge in [0.25, 0.3) is 0 Å². The van der Waals surface area contributed by atoms with Gasteiger partial charge in [-0.2, -0.15) is 5.26 Å². The van der Waals surface area contributed by atoms with Crippen molar-refractivity contribution in [2.24, 2.45) is 0 Å². The number of carboxylic acids is 1. The minimum absolute atomic E-state index is 0.431. The molecule has 0 amide bonds. The molecule has 1 heterocycles. The molecule has 1 aromatic rings. The molecular formula is C17H20N2O2. The van der Waals surface area contributed by atoms with Crippen LogP contribution in [0.2, 0.25) is 0 Å². The summed E-state index contributed by atoms with van der Waals surface area (Å²) in [5, 5.41) is 18.1. The number of nitriles is 1. The van der Waals surface area contributed by atoms with E-state index >= 15 is 0 Å². The second-order valence-corrected chi connectivity index (χ2v) is 5.45. The lowest BCUT2D eigenvalue weighted by molar-refractivity contribution is -0.131. The van der Waals surface area contributed by atoms with E-state index in [1.807, 2.05) is 12.1 Å². The first-order valence-electron chi connectivity index (χ1n) is 7.33. The summed E-state index contributed by atoms with van der Waals surface area (Å²) < 4.78 is 0. The molecule has 0 bridgehead atoms. The van der Waals surface area contributed by atoms with E-state index in [-0.39, 0.29) is 0 Å². The third-order valence-corrected chi connectivity index (χ3v) is 3.92.